The van der Waals surface area contributed by atoms with Gasteiger partial charge in [-0.05, 0) is 36.1 Å². The molecule has 124 valence electrons. The van der Waals surface area contributed by atoms with Crippen molar-refractivity contribution in [1.29, 1.82) is 0 Å². The number of carbonyl (C=O) groups excluding carboxylic acids is 2. The Balaban J connectivity index is 1.72. The van der Waals surface area contributed by atoms with E-state index >= 15 is 0 Å². The summed E-state index contributed by atoms with van der Waals surface area (Å²) in [6.45, 7) is 0. The van der Waals surface area contributed by atoms with Gasteiger partial charge in [-0.3, -0.25) is 14.6 Å². The van der Waals surface area contributed by atoms with Gasteiger partial charge in [-0.2, -0.15) is 0 Å². The lowest BCUT2D eigenvalue weighted by Crippen LogP contribution is -2.42. The molecule has 1 aliphatic heterocycles. The number of nitrogens with zero attached hydrogens (tertiary/aromatic N) is 1. The molecule has 2 N–H and O–H groups in total. The van der Waals surface area contributed by atoms with E-state index in [1.54, 1.807) is 12.4 Å². The van der Waals surface area contributed by atoms with Crippen molar-refractivity contribution < 1.29 is 9.59 Å². The summed E-state index contributed by atoms with van der Waals surface area (Å²) < 4.78 is 0. The minimum absolute atomic E-state index is 0.0350. The molecule has 1 saturated heterocycles. The highest BCUT2D eigenvalue weighted by Gasteiger charge is 2.23. The van der Waals surface area contributed by atoms with Crippen molar-refractivity contribution in [1.82, 2.24) is 15.6 Å². The summed E-state index contributed by atoms with van der Waals surface area (Å²) in [5, 5.41) is 5.98. The van der Waals surface area contributed by atoms with E-state index in [2.05, 4.69) is 15.6 Å². The van der Waals surface area contributed by atoms with Crippen LogP contribution in [-0.4, -0.2) is 22.8 Å². The maximum absolute atomic E-state index is 12.5. The minimum atomic E-state index is -0.221. The average molecular weight is 323 g/mol. The highest BCUT2D eigenvalue weighted by Crippen LogP contribution is 2.22. The summed E-state index contributed by atoms with van der Waals surface area (Å²) in [6, 6.07) is 13.4. The second kappa shape index (κ2) is 7.73. The Morgan fingerprint density at radius 2 is 1.88 bits per heavy atom. The fourth-order valence-electron chi connectivity index (χ4n) is 3.04. The van der Waals surface area contributed by atoms with E-state index in [-0.39, 0.29) is 23.9 Å². The average Bonchev–Trinajstić information content (AvgIpc) is 2.61. The molecule has 5 nitrogen and oxygen atoms in total. The molecule has 0 spiro atoms. The molecule has 1 fully saturated rings. The van der Waals surface area contributed by atoms with E-state index in [1.807, 2.05) is 42.5 Å². The molecular formula is C19H21N3O2. The van der Waals surface area contributed by atoms with E-state index < -0.39 is 0 Å². The normalized spacial score (nSPS) is 18.5. The van der Waals surface area contributed by atoms with Crippen molar-refractivity contribution in [3.05, 3.63) is 66.0 Å². The highest BCUT2D eigenvalue weighted by atomic mass is 16.2. The number of pyridine rings is 1. The molecule has 0 radical (unpaired) electrons. The number of carbonyl (C=O) groups is 2. The maximum Gasteiger partial charge on any atom is 0.222 e. The predicted octanol–water partition coefficient (Wildman–Crippen LogP) is 2.35. The maximum atomic E-state index is 12.5. The number of hydrogen-bond donors (Lipinski definition) is 2. The minimum Gasteiger partial charge on any atom is -0.353 e. The van der Waals surface area contributed by atoms with Crippen LogP contribution >= 0.6 is 0 Å². The fourth-order valence-corrected chi connectivity index (χ4v) is 3.04. The molecule has 1 aliphatic rings. The van der Waals surface area contributed by atoms with Gasteiger partial charge in [0, 0.05) is 31.3 Å². The second-order valence-electron chi connectivity index (χ2n) is 6.05. The van der Waals surface area contributed by atoms with Crippen LogP contribution in [0.1, 0.15) is 42.9 Å². The van der Waals surface area contributed by atoms with Gasteiger partial charge in [-0.15, -0.1) is 0 Å². The van der Waals surface area contributed by atoms with Gasteiger partial charge in [0.15, 0.2) is 0 Å². The van der Waals surface area contributed by atoms with Gasteiger partial charge in [0.1, 0.15) is 0 Å². The first-order valence-electron chi connectivity index (χ1n) is 8.26. The number of amides is 2. The van der Waals surface area contributed by atoms with Crippen LogP contribution in [-0.2, 0) is 9.59 Å². The number of piperidine rings is 1. The molecule has 1 aromatic heterocycles. The lowest BCUT2D eigenvalue weighted by Gasteiger charge is -2.25. The molecule has 0 saturated carbocycles. The Hall–Kier alpha value is -2.69. The van der Waals surface area contributed by atoms with Crippen LogP contribution in [0.15, 0.2) is 54.9 Å². The van der Waals surface area contributed by atoms with Gasteiger partial charge in [-0.1, -0.05) is 30.3 Å². The third-order valence-corrected chi connectivity index (χ3v) is 4.23. The zero-order valence-corrected chi connectivity index (χ0v) is 13.4. The first-order valence-corrected chi connectivity index (χ1v) is 8.26. The molecule has 2 atom stereocenters. The van der Waals surface area contributed by atoms with Crippen molar-refractivity contribution in [3.63, 3.8) is 0 Å². The smallest absolute Gasteiger partial charge is 0.222 e. The quantitative estimate of drug-likeness (QED) is 0.887. The lowest BCUT2D eigenvalue weighted by atomic mass is 9.98. The molecule has 0 bridgehead atoms. The molecule has 3 rings (SSSR count). The zero-order chi connectivity index (χ0) is 16.8. The van der Waals surface area contributed by atoms with Gasteiger partial charge < -0.3 is 10.6 Å². The van der Waals surface area contributed by atoms with Crippen LogP contribution < -0.4 is 10.6 Å². The number of aromatic nitrogens is 1. The van der Waals surface area contributed by atoms with Crippen molar-refractivity contribution >= 4 is 11.8 Å². The van der Waals surface area contributed by atoms with Crippen LogP contribution in [0.25, 0.3) is 0 Å². The summed E-state index contributed by atoms with van der Waals surface area (Å²) in [7, 11) is 0. The van der Waals surface area contributed by atoms with Crippen molar-refractivity contribution in [2.45, 2.75) is 37.8 Å². The zero-order valence-electron chi connectivity index (χ0n) is 13.4. The Kier molecular flexibility index (Phi) is 5.21. The monoisotopic (exact) mass is 323 g/mol. The van der Waals surface area contributed by atoms with Crippen molar-refractivity contribution in [2.75, 3.05) is 0 Å². The largest absolute Gasteiger partial charge is 0.353 e. The van der Waals surface area contributed by atoms with E-state index in [0.717, 1.165) is 24.0 Å². The second-order valence-corrected chi connectivity index (χ2v) is 6.05. The molecule has 1 aromatic carbocycles. The molecule has 2 aromatic rings. The Morgan fingerprint density at radius 1 is 1.17 bits per heavy atom. The molecule has 5 heteroatoms. The van der Waals surface area contributed by atoms with Crippen molar-refractivity contribution in [2.24, 2.45) is 0 Å². The van der Waals surface area contributed by atoms with E-state index in [9.17, 15) is 9.59 Å². The van der Waals surface area contributed by atoms with E-state index in [1.165, 1.54) is 0 Å². The van der Waals surface area contributed by atoms with Crippen LogP contribution in [0.4, 0.5) is 0 Å². The van der Waals surface area contributed by atoms with Crippen LogP contribution in [0.2, 0.25) is 0 Å². The number of rotatable bonds is 5. The number of hydrogen-bond acceptors (Lipinski definition) is 3. The molecule has 24 heavy (non-hydrogen) atoms. The number of nitrogens with one attached hydrogen (secondary N) is 2. The molecule has 2 amide bonds. The predicted molar refractivity (Wildman–Crippen MR) is 91.1 cm³/mol. The summed E-state index contributed by atoms with van der Waals surface area (Å²) in [5.41, 5.74) is 2.00. The van der Waals surface area contributed by atoms with Gasteiger partial charge in [-0.25, -0.2) is 0 Å². The Labute approximate surface area is 141 Å². The summed E-state index contributed by atoms with van der Waals surface area (Å²) in [4.78, 5) is 28.0. The van der Waals surface area contributed by atoms with Gasteiger partial charge in [0.25, 0.3) is 0 Å². The van der Waals surface area contributed by atoms with Crippen LogP contribution in [0.3, 0.4) is 0 Å². The third kappa shape index (κ3) is 4.19. The molecule has 0 aliphatic carbocycles. The third-order valence-electron chi connectivity index (χ3n) is 4.23. The lowest BCUT2D eigenvalue weighted by molar-refractivity contribution is -0.125. The number of benzene rings is 1. The summed E-state index contributed by atoms with van der Waals surface area (Å²) >= 11 is 0. The SMILES string of the molecule is O=C1CCCC(CC(=O)NC(c2ccccc2)c2ccncc2)N1. The molecule has 2 unspecified atom stereocenters. The van der Waals surface area contributed by atoms with Gasteiger partial charge >= 0.3 is 0 Å². The van der Waals surface area contributed by atoms with Gasteiger partial charge in [0.05, 0.1) is 6.04 Å². The summed E-state index contributed by atoms with van der Waals surface area (Å²) in [5.74, 6) is -0.0272. The van der Waals surface area contributed by atoms with Crippen LogP contribution in [0.5, 0.6) is 0 Å². The molecule has 2 heterocycles. The molecular weight excluding hydrogens is 302 g/mol. The van der Waals surface area contributed by atoms with E-state index in [4.69, 9.17) is 0 Å². The van der Waals surface area contributed by atoms with E-state index in [0.29, 0.717) is 12.8 Å². The standard InChI is InChI=1S/C19H21N3O2/c23-17-8-4-7-16(21-17)13-18(24)22-19(14-5-2-1-3-6-14)15-9-11-20-12-10-15/h1-3,5-6,9-12,16,19H,4,7-8,13H2,(H,21,23)(H,22,24). The summed E-state index contributed by atoms with van der Waals surface area (Å²) in [6.07, 6.45) is 6.00. The Morgan fingerprint density at radius 3 is 2.58 bits per heavy atom. The highest BCUT2D eigenvalue weighted by molar-refractivity contribution is 5.81. The first-order chi connectivity index (χ1) is 11.7. The fraction of sp³-hybridized carbons (Fsp3) is 0.316. The Bertz CT molecular complexity index is 649. The van der Waals surface area contributed by atoms with Crippen molar-refractivity contribution in [3.8, 4) is 0 Å². The first kappa shape index (κ1) is 16.2. The van der Waals surface area contributed by atoms with Crippen LogP contribution in [0, 0.1) is 0 Å². The topological polar surface area (TPSA) is 71.1 Å². The van der Waals surface area contributed by atoms with Gasteiger partial charge in [0.2, 0.25) is 11.8 Å².